The predicted molar refractivity (Wildman–Crippen MR) is 73.7 cm³/mol. The molecule has 1 rings (SSSR count). The zero-order chi connectivity index (χ0) is 13.8. The number of benzene rings is 1. The fourth-order valence-corrected chi connectivity index (χ4v) is 1.26. The number of hydrogen-bond donors (Lipinski definition) is 2. The van der Waals surface area contributed by atoms with Crippen molar-refractivity contribution in [3.8, 4) is 0 Å². The third kappa shape index (κ3) is 7.68. The molecule has 0 aliphatic rings. The van der Waals surface area contributed by atoms with Gasteiger partial charge in [-0.05, 0) is 18.6 Å². The molecule has 102 valence electrons. The second kappa shape index (κ2) is 10.6. The molecule has 0 heterocycles. The molecule has 1 unspecified atom stereocenters. The summed E-state index contributed by atoms with van der Waals surface area (Å²) in [6.45, 7) is 6.00. The van der Waals surface area contributed by atoms with E-state index in [9.17, 15) is 9.90 Å². The summed E-state index contributed by atoms with van der Waals surface area (Å²) in [5.41, 5.74) is 0.678. The molecule has 0 saturated carbocycles. The molecule has 1 aromatic carbocycles. The van der Waals surface area contributed by atoms with Crippen LogP contribution in [-0.4, -0.2) is 23.9 Å². The quantitative estimate of drug-likeness (QED) is 0.845. The summed E-state index contributed by atoms with van der Waals surface area (Å²) in [5.74, 6) is 0. The smallest absolute Gasteiger partial charge is 0.411 e. The van der Waals surface area contributed by atoms with Gasteiger partial charge in [-0.25, -0.2) is 4.79 Å². The van der Waals surface area contributed by atoms with Gasteiger partial charge < -0.3 is 9.84 Å². The highest BCUT2D eigenvalue weighted by molar-refractivity contribution is 5.84. The average molecular weight is 253 g/mol. The maximum Gasteiger partial charge on any atom is 0.411 e. The minimum atomic E-state index is -0.577. The number of ether oxygens (including phenoxy) is 1. The third-order valence-corrected chi connectivity index (χ3v) is 2.05. The lowest BCUT2D eigenvalue weighted by molar-refractivity contribution is 0.0697. The van der Waals surface area contributed by atoms with Gasteiger partial charge in [-0.1, -0.05) is 45.4 Å². The highest BCUT2D eigenvalue weighted by Crippen LogP contribution is 2.05. The van der Waals surface area contributed by atoms with E-state index in [0.29, 0.717) is 12.1 Å². The van der Waals surface area contributed by atoms with E-state index in [1.807, 2.05) is 39.0 Å². The second-order valence-corrected chi connectivity index (χ2v) is 3.53. The lowest BCUT2D eigenvalue weighted by atomic mass is 10.2. The monoisotopic (exact) mass is 253 g/mol. The second-order valence-electron chi connectivity index (χ2n) is 3.53. The molecule has 0 aliphatic heterocycles. The summed E-state index contributed by atoms with van der Waals surface area (Å²) in [4.78, 5) is 11.3. The van der Waals surface area contributed by atoms with Gasteiger partial charge in [0.15, 0.2) is 0 Å². The molecular formula is C14H23NO3. The van der Waals surface area contributed by atoms with Crippen LogP contribution in [0.15, 0.2) is 30.3 Å². The highest BCUT2D eigenvalue weighted by Gasteiger charge is 2.07. The Morgan fingerprint density at radius 1 is 1.33 bits per heavy atom. The molecule has 1 amide bonds. The molecule has 4 nitrogen and oxygen atoms in total. The van der Waals surface area contributed by atoms with Gasteiger partial charge in [-0.2, -0.15) is 0 Å². The van der Waals surface area contributed by atoms with Crippen LogP contribution in [0, 0.1) is 0 Å². The van der Waals surface area contributed by atoms with Gasteiger partial charge in [0.25, 0.3) is 0 Å². The highest BCUT2D eigenvalue weighted by atomic mass is 16.6. The van der Waals surface area contributed by atoms with E-state index in [4.69, 9.17) is 4.74 Å². The Hall–Kier alpha value is -1.55. The summed E-state index contributed by atoms with van der Waals surface area (Å²) in [5, 5.41) is 11.9. The van der Waals surface area contributed by atoms with E-state index in [2.05, 4.69) is 5.32 Å². The summed E-state index contributed by atoms with van der Waals surface area (Å²) in [7, 11) is 0. The van der Waals surface area contributed by atoms with Gasteiger partial charge in [-0.3, -0.25) is 5.32 Å². The average Bonchev–Trinajstić information content (AvgIpc) is 2.40. The summed E-state index contributed by atoms with van der Waals surface area (Å²) in [6.07, 6.45) is 0.386. The van der Waals surface area contributed by atoms with Crippen molar-refractivity contribution in [2.45, 2.75) is 39.7 Å². The molecule has 2 N–H and O–H groups in total. The van der Waals surface area contributed by atoms with Crippen LogP contribution in [0.5, 0.6) is 0 Å². The Kier molecular flexibility index (Phi) is 9.68. The molecule has 18 heavy (non-hydrogen) atoms. The topological polar surface area (TPSA) is 58.6 Å². The van der Waals surface area contributed by atoms with Crippen molar-refractivity contribution in [1.82, 2.24) is 0 Å². The van der Waals surface area contributed by atoms with Crippen LogP contribution in [0.1, 0.15) is 33.6 Å². The predicted octanol–water partition coefficient (Wildman–Crippen LogP) is 3.42. The molecular weight excluding hydrogens is 230 g/mol. The fraction of sp³-hybridized carbons (Fsp3) is 0.500. The summed E-state index contributed by atoms with van der Waals surface area (Å²) >= 11 is 0. The molecule has 0 bridgehead atoms. The minimum Gasteiger partial charge on any atom is -0.447 e. The van der Waals surface area contributed by atoms with E-state index in [0.717, 1.165) is 6.42 Å². The van der Waals surface area contributed by atoms with Gasteiger partial charge in [-0.15, -0.1) is 0 Å². The van der Waals surface area contributed by atoms with Crippen molar-refractivity contribution in [3.05, 3.63) is 30.3 Å². The number of rotatable bonds is 5. The number of carbonyl (C=O) groups excluding carboxylic acids is 1. The molecule has 0 saturated heterocycles. The van der Waals surface area contributed by atoms with E-state index in [1.54, 1.807) is 12.1 Å². The first-order chi connectivity index (χ1) is 8.72. The summed E-state index contributed by atoms with van der Waals surface area (Å²) in [6, 6.07) is 9.04. The van der Waals surface area contributed by atoms with Gasteiger partial charge in [0, 0.05) is 5.69 Å². The maximum absolute atomic E-state index is 11.3. The van der Waals surface area contributed by atoms with Crippen LogP contribution in [0.4, 0.5) is 10.5 Å². The Balaban J connectivity index is 0.00000137. The van der Waals surface area contributed by atoms with Gasteiger partial charge in [0.05, 0.1) is 6.10 Å². The zero-order valence-corrected chi connectivity index (χ0v) is 11.3. The first-order valence-electron chi connectivity index (χ1n) is 6.39. The molecule has 0 spiro atoms. The van der Waals surface area contributed by atoms with Crippen molar-refractivity contribution in [2.75, 3.05) is 11.9 Å². The normalized spacial score (nSPS) is 10.9. The fourth-order valence-electron chi connectivity index (χ4n) is 1.26. The number of nitrogens with one attached hydrogen (secondary N) is 1. The van der Waals surface area contributed by atoms with E-state index in [-0.39, 0.29) is 6.61 Å². The number of aliphatic hydroxyl groups excluding tert-OH is 1. The molecule has 1 aromatic rings. The van der Waals surface area contributed by atoms with Crippen LogP contribution in [0.3, 0.4) is 0 Å². The van der Waals surface area contributed by atoms with Crippen LogP contribution in [0.25, 0.3) is 0 Å². The SMILES string of the molecule is CC.CCCC(O)COC(=O)Nc1ccccc1. The number of amides is 1. The third-order valence-electron chi connectivity index (χ3n) is 2.05. The molecule has 0 fully saturated rings. The maximum atomic E-state index is 11.3. The number of aliphatic hydroxyl groups is 1. The minimum absolute atomic E-state index is 0.0342. The molecule has 0 aromatic heterocycles. The van der Waals surface area contributed by atoms with Crippen LogP contribution >= 0.6 is 0 Å². The van der Waals surface area contributed by atoms with E-state index < -0.39 is 12.2 Å². The Bertz CT molecular complexity index is 314. The lowest BCUT2D eigenvalue weighted by Gasteiger charge is -2.10. The largest absolute Gasteiger partial charge is 0.447 e. The van der Waals surface area contributed by atoms with Crippen molar-refractivity contribution in [3.63, 3.8) is 0 Å². The van der Waals surface area contributed by atoms with E-state index in [1.165, 1.54) is 0 Å². The number of hydrogen-bond acceptors (Lipinski definition) is 3. The molecule has 0 radical (unpaired) electrons. The molecule has 4 heteroatoms. The van der Waals surface area contributed by atoms with Gasteiger partial charge in [0.1, 0.15) is 6.61 Å². The van der Waals surface area contributed by atoms with Gasteiger partial charge >= 0.3 is 6.09 Å². The van der Waals surface area contributed by atoms with Crippen molar-refractivity contribution >= 4 is 11.8 Å². The Labute approximate surface area is 109 Å². The van der Waals surface area contributed by atoms with Crippen molar-refractivity contribution in [1.29, 1.82) is 0 Å². The first kappa shape index (κ1) is 16.4. The summed E-state index contributed by atoms with van der Waals surface area (Å²) < 4.78 is 4.86. The van der Waals surface area contributed by atoms with E-state index >= 15 is 0 Å². The number of para-hydroxylation sites is 1. The zero-order valence-electron chi connectivity index (χ0n) is 11.3. The molecule has 1 atom stereocenters. The molecule has 0 aliphatic carbocycles. The van der Waals surface area contributed by atoms with Crippen LogP contribution in [-0.2, 0) is 4.74 Å². The van der Waals surface area contributed by atoms with Crippen molar-refractivity contribution < 1.29 is 14.6 Å². The van der Waals surface area contributed by atoms with Crippen molar-refractivity contribution in [2.24, 2.45) is 0 Å². The lowest BCUT2D eigenvalue weighted by Crippen LogP contribution is -2.21. The first-order valence-corrected chi connectivity index (χ1v) is 6.39. The van der Waals surface area contributed by atoms with Crippen LogP contribution in [0.2, 0.25) is 0 Å². The number of carbonyl (C=O) groups is 1. The number of anilines is 1. The Morgan fingerprint density at radius 3 is 2.50 bits per heavy atom. The van der Waals surface area contributed by atoms with Gasteiger partial charge in [0.2, 0.25) is 0 Å². The standard InChI is InChI=1S/C12H17NO3.C2H6/c1-2-6-11(14)9-16-12(15)13-10-7-4-3-5-8-10;1-2/h3-5,7-8,11,14H,2,6,9H2,1H3,(H,13,15);1-2H3. The Morgan fingerprint density at radius 2 is 1.94 bits per heavy atom. The van der Waals surface area contributed by atoms with Crippen LogP contribution < -0.4 is 5.32 Å².